The van der Waals surface area contributed by atoms with Gasteiger partial charge in [-0.15, -0.1) is 10.2 Å². The molecule has 1 atom stereocenters. The zero-order chi connectivity index (χ0) is 21.0. The Hall–Kier alpha value is -2.32. The SMILES string of the molecule is Cc1ccc(NC(=O)C(C)Sc2nnc(COc3cc(C)ccc3C)o2)c(Br)c1. The van der Waals surface area contributed by atoms with Gasteiger partial charge < -0.3 is 14.5 Å². The van der Waals surface area contributed by atoms with Crippen LogP contribution in [-0.4, -0.2) is 21.4 Å². The second-order valence-electron chi connectivity index (χ2n) is 6.75. The smallest absolute Gasteiger partial charge is 0.277 e. The van der Waals surface area contributed by atoms with Crippen LogP contribution in [0, 0.1) is 20.8 Å². The number of thioether (sulfide) groups is 1. The molecule has 3 rings (SSSR count). The molecule has 1 unspecified atom stereocenters. The molecule has 0 fully saturated rings. The van der Waals surface area contributed by atoms with Crippen LogP contribution in [-0.2, 0) is 11.4 Å². The van der Waals surface area contributed by atoms with Gasteiger partial charge in [0.25, 0.3) is 11.1 Å². The minimum Gasteiger partial charge on any atom is -0.484 e. The van der Waals surface area contributed by atoms with Gasteiger partial charge in [-0.2, -0.15) is 0 Å². The van der Waals surface area contributed by atoms with Gasteiger partial charge in [-0.1, -0.05) is 30.0 Å². The van der Waals surface area contributed by atoms with Crippen LogP contribution in [0.4, 0.5) is 5.69 Å². The molecule has 6 nitrogen and oxygen atoms in total. The number of aromatic nitrogens is 2. The van der Waals surface area contributed by atoms with Crippen molar-refractivity contribution in [2.75, 3.05) is 5.32 Å². The Balaban J connectivity index is 1.56. The minimum atomic E-state index is -0.406. The Morgan fingerprint density at radius 2 is 1.90 bits per heavy atom. The van der Waals surface area contributed by atoms with E-state index in [1.165, 1.54) is 11.8 Å². The van der Waals surface area contributed by atoms with Crippen molar-refractivity contribution >= 4 is 39.3 Å². The molecule has 0 radical (unpaired) electrons. The van der Waals surface area contributed by atoms with Crippen LogP contribution >= 0.6 is 27.7 Å². The molecule has 1 heterocycles. The van der Waals surface area contributed by atoms with Crippen LogP contribution in [0.3, 0.4) is 0 Å². The molecule has 8 heteroatoms. The molecule has 1 aromatic heterocycles. The minimum absolute atomic E-state index is 0.147. The fourth-order valence-corrected chi connectivity index (χ4v) is 3.80. The van der Waals surface area contributed by atoms with Gasteiger partial charge in [0.15, 0.2) is 6.61 Å². The number of carbonyl (C=O) groups excluding carboxylic acids is 1. The quantitative estimate of drug-likeness (QED) is 0.457. The number of aryl methyl sites for hydroxylation is 3. The standard InChI is InChI=1S/C21H22BrN3O3S/c1-12-6-8-17(16(22)9-12)23-20(26)15(4)29-21-25-24-19(28-21)11-27-18-10-13(2)5-7-14(18)3/h5-10,15H,11H2,1-4H3,(H,23,26). The highest BCUT2D eigenvalue weighted by atomic mass is 79.9. The van der Waals surface area contributed by atoms with Gasteiger partial charge in [0.05, 0.1) is 10.9 Å². The summed E-state index contributed by atoms with van der Waals surface area (Å²) >= 11 is 4.67. The van der Waals surface area contributed by atoms with Crippen LogP contribution in [0.15, 0.2) is 50.5 Å². The van der Waals surface area contributed by atoms with Crippen molar-refractivity contribution in [3.8, 4) is 5.75 Å². The van der Waals surface area contributed by atoms with Crippen molar-refractivity contribution in [1.82, 2.24) is 10.2 Å². The first kappa shape index (κ1) is 21.4. The first-order valence-corrected chi connectivity index (χ1v) is 10.7. The summed E-state index contributed by atoms with van der Waals surface area (Å²) in [6, 6.07) is 11.8. The van der Waals surface area contributed by atoms with E-state index in [2.05, 4.69) is 31.4 Å². The molecule has 0 aliphatic heterocycles. The second kappa shape index (κ2) is 9.45. The molecule has 3 aromatic rings. The lowest BCUT2D eigenvalue weighted by atomic mass is 10.1. The zero-order valence-corrected chi connectivity index (χ0v) is 19.1. The second-order valence-corrected chi connectivity index (χ2v) is 8.90. The van der Waals surface area contributed by atoms with Crippen molar-refractivity contribution in [2.45, 2.75) is 44.8 Å². The van der Waals surface area contributed by atoms with Crippen molar-refractivity contribution in [1.29, 1.82) is 0 Å². The predicted molar refractivity (Wildman–Crippen MR) is 117 cm³/mol. The van der Waals surface area contributed by atoms with Crippen LogP contribution in [0.5, 0.6) is 5.75 Å². The molecule has 0 aliphatic carbocycles. The van der Waals surface area contributed by atoms with E-state index >= 15 is 0 Å². The van der Waals surface area contributed by atoms with Gasteiger partial charge in [0.2, 0.25) is 5.91 Å². The number of benzene rings is 2. The molecule has 0 spiro atoms. The third-order valence-corrected chi connectivity index (χ3v) is 5.76. The molecular formula is C21H22BrN3O3S. The number of carbonyl (C=O) groups is 1. The molecule has 152 valence electrons. The average molecular weight is 476 g/mol. The maximum atomic E-state index is 12.5. The number of hydrogen-bond donors (Lipinski definition) is 1. The van der Waals surface area contributed by atoms with Gasteiger partial charge in [-0.25, -0.2) is 0 Å². The molecule has 0 saturated carbocycles. The van der Waals surface area contributed by atoms with E-state index < -0.39 is 5.25 Å². The average Bonchev–Trinajstić information content (AvgIpc) is 3.12. The number of hydrogen-bond acceptors (Lipinski definition) is 6. The fourth-order valence-electron chi connectivity index (χ4n) is 2.51. The van der Waals surface area contributed by atoms with E-state index in [-0.39, 0.29) is 12.5 Å². The van der Waals surface area contributed by atoms with E-state index in [1.807, 2.05) is 57.2 Å². The number of amides is 1. The summed E-state index contributed by atoms with van der Waals surface area (Å²) in [5.41, 5.74) is 3.99. The number of nitrogens with zero attached hydrogens (tertiary/aromatic N) is 2. The van der Waals surface area contributed by atoms with E-state index in [4.69, 9.17) is 9.15 Å². The summed E-state index contributed by atoms with van der Waals surface area (Å²) in [5, 5.41) is 10.8. The third-order valence-electron chi connectivity index (χ3n) is 4.17. The summed E-state index contributed by atoms with van der Waals surface area (Å²) in [6.07, 6.45) is 0. The Bertz CT molecular complexity index is 1020. The Morgan fingerprint density at radius 3 is 2.66 bits per heavy atom. The monoisotopic (exact) mass is 475 g/mol. The van der Waals surface area contributed by atoms with Gasteiger partial charge in [-0.05, 0) is 78.5 Å². The molecule has 2 aromatic carbocycles. The summed E-state index contributed by atoms with van der Waals surface area (Å²) < 4.78 is 12.2. The molecular weight excluding hydrogens is 454 g/mol. The largest absolute Gasteiger partial charge is 0.484 e. The lowest BCUT2D eigenvalue weighted by Crippen LogP contribution is -2.22. The first-order valence-electron chi connectivity index (χ1n) is 9.08. The van der Waals surface area contributed by atoms with Crippen LogP contribution in [0.25, 0.3) is 0 Å². The highest BCUT2D eigenvalue weighted by Crippen LogP contribution is 2.27. The van der Waals surface area contributed by atoms with Crippen molar-refractivity contribution in [2.24, 2.45) is 0 Å². The van der Waals surface area contributed by atoms with Crippen molar-refractivity contribution in [3.05, 3.63) is 63.5 Å². The van der Waals surface area contributed by atoms with Crippen LogP contribution in [0.2, 0.25) is 0 Å². The maximum absolute atomic E-state index is 12.5. The van der Waals surface area contributed by atoms with Gasteiger partial charge >= 0.3 is 0 Å². The lowest BCUT2D eigenvalue weighted by Gasteiger charge is -2.11. The van der Waals surface area contributed by atoms with Crippen molar-refractivity contribution in [3.63, 3.8) is 0 Å². The number of ether oxygens (including phenoxy) is 1. The molecule has 29 heavy (non-hydrogen) atoms. The fraction of sp³-hybridized carbons (Fsp3) is 0.286. The van der Waals surface area contributed by atoms with E-state index in [0.29, 0.717) is 11.1 Å². The lowest BCUT2D eigenvalue weighted by molar-refractivity contribution is -0.115. The zero-order valence-electron chi connectivity index (χ0n) is 16.7. The number of nitrogens with one attached hydrogen (secondary N) is 1. The predicted octanol–water partition coefficient (Wildman–Crippen LogP) is 5.46. The Morgan fingerprint density at radius 1 is 1.17 bits per heavy atom. The highest BCUT2D eigenvalue weighted by molar-refractivity contribution is 9.10. The number of rotatable bonds is 7. The maximum Gasteiger partial charge on any atom is 0.277 e. The summed E-state index contributed by atoms with van der Waals surface area (Å²) in [6.45, 7) is 7.95. The molecule has 0 bridgehead atoms. The van der Waals surface area contributed by atoms with Gasteiger partial charge in [0.1, 0.15) is 5.75 Å². The van der Waals surface area contributed by atoms with E-state index in [9.17, 15) is 4.79 Å². The van der Waals surface area contributed by atoms with Crippen molar-refractivity contribution < 1.29 is 13.9 Å². The Kier molecular flexibility index (Phi) is 6.97. The first-order chi connectivity index (χ1) is 13.8. The molecule has 0 aliphatic rings. The van der Waals surface area contributed by atoms with Crippen LogP contribution in [0.1, 0.15) is 29.5 Å². The Labute approximate surface area is 182 Å². The third kappa shape index (κ3) is 5.83. The van der Waals surface area contributed by atoms with Gasteiger partial charge in [-0.3, -0.25) is 4.79 Å². The summed E-state index contributed by atoms with van der Waals surface area (Å²) in [4.78, 5) is 12.5. The van der Waals surface area contributed by atoms with E-state index in [0.717, 1.165) is 32.6 Å². The topological polar surface area (TPSA) is 77.2 Å². The molecule has 1 N–H and O–H groups in total. The highest BCUT2D eigenvalue weighted by Gasteiger charge is 2.19. The number of halogens is 1. The van der Waals surface area contributed by atoms with Crippen LogP contribution < -0.4 is 10.1 Å². The summed E-state index contributed by atoms with van der Waals surface area (Å²) in [7, 11) is 0. The normalized spacial score (nSPS) is 11.9. The van der Waals surface area contributed by atoms with E-state index in [1.54, 1.807) is 6.92 Å². The van der Waals surface area contributed by atoms with Gasteiger partial charge in [0, 0.05) is 4.47 Å². The molecule has 1 amide bonds. The molecule has 0 saturated heterocycles. The summed E-state index contributed by atoms with van der Waals surface area (Å²) in [5.74, 6) is 1.00. The number of anilines is 1.